The summed E-state index contributed by atoms with van der Waals surface area (Å²) in [5, 5.41) is 14.2. The van der Waals surface area contributed by atoms with Crippen molar-refractivity contribution < 1.29 is 9.90 Å². The van der Waals surface area contributed by atoms with Crippen LogP contribution in [0.3, 0.4) is 0 Å². The first-order valence-corrected chi connectivity index (χ1v) is 14.1. The molecule has 0 aromatic carbocycles. The van der Waals surface area contributed by atoms with Crippen LogP contribution in [0.2, 0.25) is 0 Å². The van der Waals surface area contributed by atoms with E-state index in [2.05, 4.69) is 32.0 Å². The Morgan fingerprint density at radius 2 is 1.78 bits per heavy atom. The van der Waals surface area contributed by atoms with E-state index >= 15 is 0 Å². The van der Waals surface area contributed by atoms with E-state index in [1.165, 1.54) is 50.9 Å². The first-order valence-electron chi connectivity index (χ1n) is 13.7. The number of thiocarbonyl (C=S) groups is 1. The third-order valence-corrected chi connectivity index (χ3v) is 9.94. The standard InChI is InChI=1S/C27H36N6O3S/c1-3-31-15-21(24(35)36)22(34)20-14-28-25(30-23(20)31)32-4-6-33(7-5-32)26(37)29-16(2)27-11-17-8-18(12-27)10-19(9-17)13-27/h14-19H,3-13H2,1-2H3,(H,29,37)(H,35,36). The van der Waals surface area contributed by atoms with Gasteiger partial charge in [-0.25, -0.2) is 9.78 Å². The van der Waals surface area contributed by atoms with Crippen molar-refractivity contribution >= 4 is 40.3 Å². The largest absolute Gasteiger partial charge is 0.477 e. The molecule has 1 saturated heterocycles. The van der Waals surface area contributed by atoms with Crippen molar-refractivity contribution in [1.82, 2.24) is 24.8 Å². The second kappa shape index (κ2) is 9.22. The van der Waals surface area contributed by atoms with Crippen molar-refractivity contribution in [3.05, 3.63) is 28.2 Å². The summed E-state index contributed by atoms with van der Waals surface area (Å²) in [6.45, 7) is 7.75. The Balaban J connectivity index is 1.12. The number of rotatable bonds is 5. The van der Waals surface area contributed by atoms with E-state index in [1.807, 2.05) is 6.92 Å². The number of carbonyl (C=O) groups is 1. The Hall–Kier alpha value is -2.75. The molecule has 37 heavy (non-hydrogen) atoms. The number of nitrogens with zero attached hydrogens (tertiary/aromatic N) is 5. The van der Waals surface area contributed by atoms with Crippen molar-refractivity contribution in [3.63, 3.8) is 0 Å². The molecule has 5 aliphatic rings. The van der Waals surface area contributed by atoms with Crippen molar-refractivity contribution in [2.45, 2.75) is 65.0 Å². The van der Waals surface area contributed by atoms with Gasteiger partial charge in [0.2, 0.25) is 11.4 Å². The highest BCUT2D eigenvalue weighted by molar-refractivity contribution is 7.80. The first kappa shape index (κ1) is 24.6. The zero-order chi connectivity index (χ0) is 25.9. The van der Waals surface area contributed by atoms with Crippen LogP contribution in [0.1, 0.15) is 62.7 Å². The predicted octanol–water partition coefficient (Wildman–Crippen LogP) is 3.11. The molecule has 198 valence electrons. The topological polar surface area (TPSA) is 104 Å². The number of carboxylic acids is 1. The molecule has 4 bridgehead atoms. The number of aromatic carboxylic acids is 1. The number of nitrogens with one attached hydrogen (secondary N) is 1. The molecule has 0 spiro atoms. The van der Waals surface area contributed by atoms with E-state index in [0.29, 0.717) is 29.6 Å². The highest BCUT2D eigenvalue weighted by Crippen LogP contribution is 2.61. The van der Waals surface area contributed by atoms with Crippen LogP contribution in [0.5, 0.6) is 0 Å². The van der Waals surface area contributed by atoms with Crippen molar-refractivity contribution in [2.24, 2.45) is 23.2 Å². The SMILES string of the molecule is CCn1cc(C(=O)O)c(=O)c2cnc(N3CCN(C(=S)NC(C)C45CC6CC(CC(C6)C4)C5)CC3)nc21. The number of aromatic nitrogens is 3. The van der Waals surface area contributed by atoms with E-state index in [4.69, 9.17) is 12.2 Å². The van der Waals surface area contributed by atoms with Gasteiger partial charge in [0.15, 0.2) is 5.11 Å². The minimum atomic E-state index is -1.24. The lowest BCUT2D eigenvalue weighted by molar-refractivity contribution is -0.0675. The molecule has 2 N–H and O–H groups in total. The summed E-state index contributed by atoms with van der Waals surface area (Å²) >= 11 is 5.88. The number of hydrogen-bond donors (Lipinski definition) is 2. The fourth-order valence-corrected chi connectivity index (χ4v) is 8.32. The zero-order valence-corrected chi connectivity index (χ0v) is 22.5. The molecule has 0 radical (unpaired) electrons. The fourth-order valence-electron chi connectivity index (χ4n) is 7.96. The number of carboxylic acid groups (broad SMARTS) is 1. The molecular weight excluding hydrogens is 488 g/mol. The summed E-state index contributed by atoms with van der Waals surface area (Å²) < 4.78 is 1.70. The number of hydrogen-bond acceptors (Lipinski definition) is 6. The zero-order valence-electron chi connectivity index (χ0n) is 21.7. The molecule has 1 unspecified atom stereocenters. The van der Waals surface area contributed by atoms with Crippen LogP contribution in [0.4, 0.5) is 5.95 Å². The molecule has 1 aliphatic heterocycles. The van der Waals surface area contributed by atoms with Gasteiger partial charge < -0.3 is 24.8 Å². The van der Waals surface area contributed by atoms with E-state index in [9.17, 15) is 14.7 Å². The average molecular weight is 525 g/mol. The summed E-state index contributed by atoms with van der Waals surface area (Å²) in [4.78, 5) is 37.6. The lowest BCUT2D eigenvalue weighted by Gasteiger charge is -2.59. The Bertz CT molecular complexity index is 1270. The Morgan fingerprint density at radius 1 is 1.16 bits per heavy atom. The van der Waals surface area contributed by atoms with E-state index in [1.54, 1.807) is 4.57 Å². The van der Waals surface area contributed by atoms with Crippen LogP contribution >= 0.6 is 12.2 Å². The number of anilines is 1. The Morgan fingerprint density at radius 3 is 2.35 bits per heavy atom. The van der Waals surface area contributed by atoms with Crippen LogP contribution in [0.15, 0.2) is 17.2 Å². The van der Waals surface area contributed by atoms with Crippen LogP contribution in [0.25, 0.3) is 11.0 Å². The lowest BCUT2D eigenvalue weighted by atomic mass is 9.48. The van der Waals surface area contributed by atoms with Crippen LogP contribution in [0, 0.1) is 23.2 Å². The Kier molecular flexibility index (Phi) is 6.12. The van der Waals surface area contributed by atoms with Crippen molar-refractivity contribution in [3.8, 4) is 0 Å². The second-order valence-electron chi connectivity index (χ2n) is 11.8. The lowest BCUT2D eigenvalue weighted by Crippen LogP contribution is -2.59. The maximum absolute atomic E-state index is 12.6. The molecule has 2 aromatic heterocycles. The molecule has 5 fully saturated rings. The van der Waals surface area contributed by atoms with E-state index in [0.717, 1.165) is 49.0 Å². The number of pyridine rings is 1. The Labute approximate surface area is 222 Å². The van der Waals surface area contributed by atoms with Crippen LogP contribution < -0.4 is 15.6 Å². The van der Waals surface area contributed by atoms with Gasteiger partial charge in [-0.3, -0.25) is 4.79 Å². The molecular formula is C27H36N6O3S. The predicted molar refractivity (Wildman–Crippen MR) is 146 cm³/mol. The molecule has 4 aliphatic carbocycles. The van der Waals surface area contributed by atoms with Crippen LogP contribution in [-0.2, 0) is 6.54 Å². The van der Waals surface area contributed by atoms with Gasteiger partial charge >= 0.3 is 5.97 Å². The van der Waals surface area contributed by atoms with Gasteiger partial charge in [-0.15, -0.1) is 0 Å². The molecule has 7 rings (SSSR count). The highest BCUT2D eigenvalue weighted by Gasteiger charge is 2.53. The van der Waals surface area contributed by atoms with Crippen molar-refractivity contribution in [1.29, 1.82) is 0 Å². The van der Waals surface area contributed by atoms with Gasteiger partial charge in [-0.05, 0) is 87.8 Å². The molecule has 3 heterocycles. The maximum Gasteiger partial charge on any atom is 0.341 e. The fraction of sp³-hybridized carbons (Fsp3) is 0.667. The van der Waals surface area contributed by atoms with E-state index in [-0.39, 0.29) is 10.9 Å². The molecule has 1 atom stereocenters. The number of aryl methyl sites for hydroxylation is 1. The third kappa shape index (κ3) is 4.27. The molecule has 0 amide bonds. The van der Waals surface area contributed by atoms with Crippen molar-refractivity contribution in [2.75, 3.05) is 31.1 Å². The normalized spacial score (nSPS) is 29.5. The quantitative estimate of drug-likeness (QED) is 0.571. The minimum Gasteiger partial charge on any atom is -0.477 e. The van der Waals surface area contributed by atoms with Gasteiger partial charge in [0, 0.05) is 51.2 Å². The van der Waals surface area contributed by atoms with Crippen LogP contribution in [-0.4, -0.2) is 67.8 Å². The van der Waals surface area contributed by atoms with Gasteiger partial charge in [0.25, 0.3) is 0 Å². The number of fused-ring (bicyclic) bond motifs is 1. The smallest absolute Gasteiger partial charge is 0.341 e. The van der Waals surface area contributed by atoms with E-state index < -0.39 is 11.4 Å². The third-order valence-electron chi connectivity index (χ3n) is 9.57. The number of piperazine rings is 1. The minimum absolute atomic E-state index is 0.230. The molecule has 4 saturated carbocycles. The second-order valence-corrected chi connectivity index (χ2v) is 12.2. The maximum atomic E-state index is 12.6. The molecule has 9 nitrogen and oxygen atoms in total. The molecule has 2 aromatic rings. The summed E-state index contributed by atoms with van der Waals surface area (Å²) in [6, 6.07) is 0.400. The van der Waals surface area contributed by atoms with Gasteiger partial charge in [-0.2, -0.15) is 4.98 Å². The monoisotopic (exact) mass is 524 g/mol. The molecule has 10 heteroatoms. The summed E-state index contributed by atoms with van der Waals surface area (Å²) in [5.74, 6) is 2.09. The summed E-state index contributed by atoms with van der Waals surface area (Å²) in [5.41, 5.74) is 0.0672. The highest BCUT2D eigenvalue weighted by atomic mass is 32.1. The van der Waals surface area contributed by atoms with Gasteiger partial charge in [-0.1, -0.05) is 0 Å². The van der Waals surface area contributed by atoms with Gasteiger partial charge in [0.1, 0.15) is 11.2 Å². The summed E-state index contributed by atoms with van der Waals surface area (Å²) in [7, 11) is 0. The first-order chi connectivity index (χ1) is 17.8. The van der Waals surface area contributed by atoms with Gasteiger partial charge in [0.05, 0.1) is 5.39 Å². The summed E-state index contributed by atoms with van der Waals surface area (Å²) in [6.07, 6.45) is 11.3. The average Bonchev–Trinajstić information content (AvgIpc) is 2.88.